The van der Waals surface area contributed by atoms with Crippen LogP contribution in [0.25, 0.3) is 0 Å². The van der Waals surface area contributed by atoms with Crippen LogP contribution in [-0.4, -0.2) is 16.5 Å². The molecule has 0 saturated heterocycles. The van der Waals surface area contributed by atoms with Crippen LogP contribution in [0.4, 0.5) is 5.82 Å². The molecule has 1 aromatic carbocycles. The van der Waals surface area contributed by atoms with Gasteiger partial charge in [0.1, 0.15) is 17.2 Å². The van der Waals surface area contributed by atoms with Crippen molar-refractivity contribution >= 4 is 29.0 Å². The fraction of sp³-hybridized carbons (Fsp3) is 0.167. The highest BCUT2D eigenvalue weighted by atomic mass is 35.5. The summed E-state index contributed by atoms with van der Waals surface area (Å²) in [6.45, 7) is 0.558. The first-order valence-corrected chi connectivity index (χ1v) is 5.97. The van der Waals surface area contributed by atoms with Gasteiger partial charge in [0.15, 0.2) is 0 Å². The maximum atomic E-state index is 6.26. The van der Waals surface area contributed by atoms with Crippen LogP contribution in [0.1, 0.15) is 10.9 Å². The minimum absolute atomic E-state index is 0.123. The van der Waals surface area contributed by atoms with Crippen LogP contribution in [0.2, 0.25) is 5.02 Å². The molecule has 0 saturated carbocycles. The maximum Gasteiger partial charge on any atom is 0.148 e. The van der Waals surface area contributed by atoms with Crippen molar-refractivity contribution in [2.45, 2.75) is 5.38 Å². The Kier molecular flexibility index (Phi) is 4.18. The van der Waals surface area contributed by atoms with E-state index < -0.39 is 0 Å². The summed E-state index contributed by atoms with van der Waals surface area (Å²) in [6.07, 6.45) is 2.99. The number of hydrogen-bond acceptors (Lipinski definition) is 3. The van der Waals surface area contributed by atoms with Crippen LogP contribution < -0.4 is 5.32 Å². The second kappa shape index (κ2) is 5.84. The minimum atomic E-state index is -0.123. The summed E-state index contributed by atoms with van der Waals surface area (Å²) >= 11 is 12.2. The Labute approximate surface area is 110 Å². The van der Waals surface area contributed by atoms with Gasteiger partial charge in [-0.3, -0.25) is 0 Å². The smallest absolute Gasteiger partial charge is 0.148 e. The summed E-state index contributed by atoms with van der Waals surface area (Å²) in [6, 6.07) is 9.86. The van der Waals surface area contributed by atoms with Crippen molar-refractivity contribution in [1.82, 2.24) is 9.97 Å². The standard InChI is InChI=1S/C12H11Cl2N3/c13-10(9-4-2-1-3-5-9)7-16-12-11(14)6-15-8-17-12/h1-6,8,10H,7H2,(H,15,16,17). The van der Waals surface area contributed by atoms with Gasteiger partial charge in [-0.1, -0.05) is 41.9 Å². The lowest BCUT2D eigenvalue weighted by Crippen LogP contribution is -2.09. The van der Waals surface area contributed by atoms with E-state index in [0.717, 1.165) is 5.56 Å². The zero-order valence-corrected chi connectivity index (χ0v) is 10.5. The van der Waals surface area contributed by atoms with Gasteiger partial charge in [0.2, 0.25) is 0 Å². The van der Waals surface area contributed by atoms with Crippen molar-refractivity contribution in [3.63, 3.8) is 0 Å². The number of benzene rings is 1. The fourth-order valence-electron chi connectivity index (χ4n) is 1.41. The summed E-state index contributed by atoms with van der Waals surface area (Å²) in [5.41, 5.74) is 1.06. The molecule has 0 spiro atoms. The Balaban J connectivity index is 1.97. The highest BCUT2D eigenvalue weighted by Crippen LogP contribution is 2.22. The number of nitrogens with one attached hydrogen (secondary N) is 1. The van der Waals surface area contributed by atoms with Gasteiger partial charge in [0.25, 0.3) is 0 Å². The monoisotopic (exact) mass is 267 g/mol. The number of alkyl halides is 1. The molecule has 17 heavy (non-hydrogen) atoms. The first-order valence-electron chi connectivity index (χ1n) is 5.16. The molecule has 0 fully saturated rings. The molecule has 2 rings (SSSR count). The van der Waals surface area contributed by atoms with Crippen LogP contribution >= 0.6 is 23.2 Å². The van der Waals surface area contributed by atoms with Gasteiger partial charge in [-0.05, 0) is 5.56 Å². The van der Waals surface area contributed by atoms with Gasteiger partial charge in [0.05, 0.1) is 11.6 Å². The molecule has 0 aliphatic rings. The molecule has 1 N–H and O–H groups in total. The molecule has 0 bridgehead atoms. The third-order valence-electron chi connectivity index (χ3n) is 2.28. The normalized spacial score (nSPS) is 12.1. The third kappa shape index (κ3) is 3.32. The average Bonchev–Trinajstić information content (AvgIpc) is 2.38. The lowest BCUT2D eigenvalue weighted by molar-refractivity contribution is 0.963. The molecule has 2 aromatic rings. The first-order chi connectivity index (χ1) is 8.27. The van der Waals surface area contributed by atoms with Gasteiger partial charge in [-0.15, -0.1) is 11.6 Å². The van der Waals surface area contributed by atoms with E-state index >= 15 is 0 Å². The van der Waals surface area contributed by atoms with E-state index in [4.69, 9.17) is 23.2 Å². The zero-order chi connectivity index (χ0) is 12.1. The molecule has 0 aliphatic heterocycles. The van der Waals surface area contributed by atoms with Gasteiger partial charge in [-0.2, -0.15) is 0 Å². The molecule has 88 valence electrons. The quantitative estimate of drug-likeness (QED) is 0.862. The van der Waals surface area contributed by atoms with Gasteiger partial charge in [0, 0.05) is 6.54 Å². The number of hydrogen-bond donors (Lipinski definition) is 1. The van der Waals surface area contributed by atoms with Crippen molar-refractivity contribution in [3.8, 4) is 0 Å². The highest BCUT2D eigenvalue weighted by Gasteiger charge is 2.08. The predicted molar refractivity (Wildman–Crippen MR) is 70.6 cm³/mol. The SMILES string of the molecule is Clc1cncnc1NCC(Cl)c1ccccc1. The number of aromatic nitrogens is 2. The zero-order valence-electron chi connectivity index (χ0n) is 8.98. The number of anilines is 1. The third-order valence-corrected chi connectivity index (χ3v) is 2.96. The lowest BCUT2D eigenvalue weighted by atomic mass is 10.1. The summed E-state index contributed by atoms with van der Waals surface area (Å²) in [7, 11) is 0. The van der Waals surface area contributed by atoms with Crippen LogP contribution in [-0.2, 0) is 0 Å². The Morgan fingerprint density at radius 2 is 2.00 bits per heavy atom. The summed E-state index contributed by atoms with van der Waals surface area (Å²) in [4.78, 5) is 7.85. The second-order valence-corrected chi connectivity index (χ2v) is 4.41. The van der Waals surface area contributed by atoms with Crippen LogP contribution in [0, 0.1) is 0 Å². The number of halogens is 2. The van der Waals surface area contributed by atoms with E-state index in [1.165, 1.54) is 6.33 Å². The minimum Gasteiger partial charge on any atom is -0.367 e. The molecule has 0 amide bonds. The highest BCUT2D eigenvalue weighted by molar-refractivity contribution is 6.32. The van der Waals surface area contributed by atoms with Crippen molar-refractivity contribution in [3.05, 3.63) is 53.4 Å². The molecule has 1 aromatic heterocycles. The molecule has 0 aliphatic carbocycles. The second-order valence-electron chi connectivity index (χ2n) is 3.48. The Bertz CT molecular complexity index is 476. The van der Waals surface area contributed by atoms with E-state index in [1.807, 2.05) is 30.3 Å². The molecular weight excluding hydrogens is 257 g/mol. The maximum absolute atomic E-state index is 6.26. The number of rotatable bonds is 4. The van der Waals surface area contributed by atoms with Crippen molar-refractivity contribution in [1.29, 1.82) is 0 Å². The van der Waals surface area contributed by atoms with Crippen LogP contribution in [0.5, 0.6) is 0 Å². The van der Waals surface area contributed by atoms with E-state index in [1.54, 1.807) is 6.20 Å². The predicted octanol–water partition coefficient (Wildman–Crippen LogP) is 3.52. The fourth-order valence-corrected chi connectivity index (χ4v) is 1.80. The van der Waals surface area contributed by atoms with Crippen molar-refractivity contribution in [2.24, 2.45) is 0 Å². The molecule has 0 radical (unpaired) electrons. The first kappa shape index (κ1) is 12.1. The molecular formula is C12H11Cl2N3. The van der Waals surface area contributed by atoms with E-state index in [9.17, 15) is 0 Å². The Hall–Kier alpha value is -1.32. The van der Waals surface area contributed by atoms with Gasteiger partial charge in [-0.25, -0.2) is 9.97 Å². The molecule has 1 heterocycles. The van der Waals surface area contributed by atoms with Gasteiger partial charge >= 0.3 is 0 Å². The summed E-state index contributed by atoms with van der Waals surface area (Å²) in [5, 5.41) is 3.46. The number of nitrogens with zero attached hydrogens (tertiary/aromatic N) is 2. The Morgan fingerprint density at radius 1 is 1.24 bits per heavy atom. The molecule has 3 nitrogen and oxygen atoms in total. The van der Waals surface area contributed by atoms with Crippen LogP contribution in [0.15, 0.2) is 42.9 Å². The van der Waals surface area contributed by atoms with E-state index in [0.29, 0.717) is 17.4 Å². The lowest BCUT2D eigenvalue weighted by Gasteiger charge is -2.12. The largest absolute Gasteiger partial charge is 0.367 e. The van der Waals surface area contributed by atoms with E-state index in [2.05, 4.69) is 15.3 Å². The van der Waals surface area contributed by atoms with Crippen molar-refractivity contribution < 1.29 is 0 Å². The van der Waals surface area contributed by atoms with E-state index in [-0.39, 0.29) is 5.38 Å². The summed E-state index contributed by atoms with van der Waals surface area (Å²) in [5.74, 6) is 0.600. The molecule has 1 atom stereocenters. The molecule has 5 heteroatoms. The average molecular weight is 268 g/mol. The van der Waals surface area contributed by atoms with Crippen LogP contribution in [0.3, 0.4) is 0 Å². The Morgan fingerprint density at radius 3 is 2.71 bits per heavy atom. The van der Waals surface area contributed by atoms with Gasteiger partial charge < -0.3 is 5.32 Å². The summed E-state index contributed by atoms with van der Waals surface area (Å²) < 4.78 is 0. The van der Waals surface area contributed by atoms with Crippen molar-refractivity contribution in [2.75, 3.05) is 11.9 Å². The molecule has 1 unspecified atom stereocenters. The topological polar surface area (TPSA) is 37.8 Å².